The van der Waals surface area contributed by atoms with Crippen LogP contribution in [0.15, 0.2) is 66.7 Å². The number of anilines is 2. The van der Waals surface area contributed by atoms with Crippen molar-refractivity contribution in [2.75, 3.05) is 31.3 Å². The van der Waals surface area contributed by atoms with Gasteiger partial charge in [-0.1, -0.05) is 35.9 Å². The van der Waals surface area contributed by atoms with E-state index in [1.54, 1.807) is 30.4 Å². The average Bonchev–Trinajstić information content (AvgIpc) is 3.39. The summed E-state index contributed by atoms with van der Waals surface area (Å²) in [4.78, 5) is 34.8. The molecule has 2 fully saturated rings. The van der Waals surface area contributed by atoms with Crippen molar-refractivity contribution in [2.24, 2.45) is 5.92 Å². The van der Waals surface area contributed by atoms with E-state index < -0.39 is 24.0 Å². The van der Waals surface area contributed by atoms with E-state index in [2.05, 4.69) is 0 Å². The molecule has 0 saturated carbocycles. The van der Waals surface area contributed by atoms with Crippen LogP contribution < -0.4 is 24.2 Å². The highest BCUT2D eigenvalue weighted by Gasteiger charge is 2.61. The van der Waals surface area contributed by atoms with Crippen LogP contribution in [0.5, 0.6) is 17.2 Å². The maximum absolute atomic E-state index is 13.8. The lowest BCUT2D eigenvalue weighted by Gasteiger charge is -2.30. The van der Waals surface area contributed by atoms with Crippen LogP contribution in [0, 0.1) is 12.8 Å². The van der Waals surface area contributed by atoms with Gasteiger partial charge in [0.15, 0.2) is 17.6 Å². The molecule has 5 rings (SSSR count). The number of carbonyl (C=O) groups is 2. The van der Waals surface area contributed by atoms with Crippen LogP contribution in [0.2, 0.25) is 0 Å². The molecule has 0 bridgehead atoms. The van der Waals surface area contributed by atoms with Gasteiger partial charge in [0.2, 0.25) is 11.7 Å². The van der Waals surface area contributed by atoms with Crippen molar-refractivity contribution < 1.29 is 28.6 Å². The van der Waals surface area contributed by atoms with Crippen molar-refractivity contribution in [3.05, 3.63) is 77.9 Å². The minimum atomic E-state index is -0.980. The Labute approximate surface area is 203 Å². The van der Waals surface area contributed by atoms with Gasteiger partial charge in [-0.25, -0.2) is 9.96 Å². The number of benzene rings is 3. The monoisotopic (exact) mass is 474 g/mol. The fourth-order valence-corrected chi connectivity index (χ4v) is 4.83. The summed E-state index contributed by atoms with van der Waals surface area (Å²) in [6.45, 7) is 1.95. The second kappa shape index (κ2) is 8.96. The summed E-state index contributed by atoms with van der Waals surface area (Å²) in [5, 5.41) is 1.63. The zero-order valence-electron chi connectivity index (χ0n) is 19.9. The molecule has 2 aliphatic heterocycles. The van der Waals surface area contributed by atoms with E-state index in [1.807, 2.05) is 55.5 Å². The molecule has 0 aliphatic carbocycles. The second-order valence-corrected chi connectivity index (χ2v) is 8.43. The molecule has 0 N–H and O–H groups in total. The molecule has 0 unspecified atom stereocenters. The van der Waals surface area contributed by atoms with Crippen molar-refractivity contribution in [1.82, 2.24) is 0 Å². The largest absolute Gasteiger partial charge is 0.493 e. The number of fused-ring (bicyclic) bond motifs is 1. The number of ether oxygens (including phenoxy) is 3. The average molecular weight is 475 g/mol. The highest BCUT2D eigenvalue weighted by atomic mass is 16.7. The summed E-state index contributed by atoms with van der Waals surface area (Å²) in [6, 6.07) is 19.6. The van der Waals surface area contributed by atoms with Crippen LogP contribution in [0.25, 0.3) is 0 Å². The molecule has 2 amide bonds. The first-order valence-electron chi connectivity index (χ1n) is 11.2. The molecule has 8 heteroatoms. The second-order valence-electron chi connectivity index (χ2n) is 8.43. The smallest absolute Gasteiger partial charge is 0.266 e. The number of hydrogen-bond donors (Lipinski definition) is 0. The van der Waals surface area contributed by atoms with Gasteiger partial charge in [0, 0.05) is 5.56 Å². The quantitative estimate of drug-likeness (QED) is 0.499. The van der Waals surface area contributed by atoms with Crippen molar-refractivity contribution >= 4 is 23.2 Å². The predicted molar refractivity (Wildman–Crippen MR) is 130 cm³/mol. The van der Waals surface area contributed by atoms with Gasteiger partial charge in [0.1, 0.15) is 12.0 Å². The highest BCUT2D eigenvalue weighted by Crippen LogP contribution is 2.52. The summed E-state index contributed by atoms with van der Waals surface area (Å²) in [6.07, 6.45) is -0.980. The normalized spacial score (nSPS) is 21.3. The lowest BCUT2D eigenvalue weighted by molar-refractivity contribution is -0.126. The zero-order chi connectivity index (χ0) is 24.7. The first-order chi connectivity index (χ1) is 17.0. The Morgan fingerprint density at radius 1 is 0.743 bits per heavy atom. The fraction of sp³-hybridized carbons (Fsp3) is 0.259. The van der Waals surface area contributed by atoms with Crippen LogP contribution >= 0.6 is 0 Å². The first-order valence-corrected chi connectivity index (χ1v) is 11.2. The van der Waals surface area contributed by atoms with Crippen LogP contribution in [-0.2, 0) is 14.4 Å². The summed E-state index contributed by atoms with van der Waals surface area (Å²) in [7, 11) is 4.60. The van der Waals surface area contributed by atoms with E-state index in [-0.39, 0.29) is 5.91 Å². The number of rotatable bonds is 6. The SMILES string of the molecule is COc1ccc([C@@H]2[C@H]3C(=O)N(c4ccc(C)cc4)C(=O)[C@@H]3ON2c2ccccc2)c(OC)c1OC. The van der Waals surface area contributed by atoms with Gasteiger partial charge < -0.3 is 14.2 Å². The lowest BCUT2D eigenvalue weighted by Crippen LogP contribution is -2.37. The molecule has 2 aliphatic rings. The van der Waals surface area contributed by atoms with Crippen LogP contribution in [-0.4, -0.2) is 39.2 Å². The summed E-state index contributed by atoms with van der Waals surface area (Å²) in [5.74, 6) is -0.219. The molecule has 0 aromatic heterocycles. The van der Waals surface area contributed by atoms with Gasteiger partial charge in [-0.3, -0.25) is 14.4 Å². The van der Waals surface area contributed by atoms with E-state index in [0.717, 1.165) is 5.56 Å². The van der Waals surface area contributed by atoms with Crippen molar-refractivity contribution in [1.29, 1.82) is 0 Å². The lowest BCUT2D eigenvalue weighted by atomic mass is 9.89. The number of aryl methyl sites for hydroxylation is 1. The molecule has 35 heavy (non-hydrogen) atoms. The zero-order valence-corrected chi connectivity index (χ0v) is 19.9. The molecule has 0 radical (unpaired) electrons. The summed E-state index contributed by atoms with van der Waals surface area (Å²) < 4.78 is 16.8. The van der Waals surface area contributed by atoms with E-state index in [4.69, 9.17) is 19.0 Å². The molecule has 2 heterocycles. The third-order valence-electron chi connectivity index (χ3n) is 6.47. The van der Waals surface area contributed by atoms with Gasteiger partial charge >= 0.3 is 0 Å². The number of imide groups is 1. The maximum Gasteiger partial charge on any atom is 0.266 e. The molecule has 3 aromatic carbocycles. The maximum atomic E-state index is 13.8. The summed E-state index contributed by atoms with van der Waals surface area (Å²) in [5.41, 5.74) is 2.92. The Morgan fingerprint density at radius 2 is 1.43 bits per heavy atom. The molecule has 3 atom stereocenters. The third kappa shape index (κ3) is 3.57. The minimum Gasteiger partial charge on any atom is -0.493 e. The molecular formula is C27H26N2O6. The highest BCUT2D eigenvalue weighted by molar-refractivity contribution is 6.24. The van der Waals surface area contributed by atoms with Crippen LogP contribution in [0.3, 0.4) is 0 Å². The Kier molecular flexibility index (Phi) is 5.82. The minimum absolute atomic E-state index is 0.330. The predicted octanol–water partition coefficient (Wildman–Crippen LogP) is 4.07. The Morgan fingerprint density at radius 3 is 2.06 bits per heavy atom. The Balaban J connectivity index is 1.65. The van der Waals surface area contributed by atoms with E-state index in [0.29, 0.717) is 34.2 Å². The van der Waals surface area contributed by atoms with Gasteiger partial charge in [0.25, 0.3) is 5.91 Å². The topological polar surface area (TPSA) is 77.5 Å². The van der Waals surface area contributed by atoms with Gasteiger partial charge in [-0.05, 0) is 43.3 Å². The van der Waals surface area contributed by atoms with E-state index >= 15 is 0 Å². The van der Waals surface area contributed by atoms with Crippen molar-refractivity contribution in [3.8, 4) is 17.2 Å². The number of nitrogens with zero attached hydrogens (tertiary/aromatic N) is 2. The fourth-order valence-electron chi connectivity index (χ4n) is 4.83. The number of para-hydroxylation sites is 1. The van der Waals surface area contributed by atoms with Crippen molar-refractivity contribution in [3.63, 3.8) is 0 Å². The first kappa shape index (κ1) is 22.7. The number of carbonyl (C=O) groups excluding carboxylic acids is 2. The molecule has 180 valence electrons. The van der Waals surface area contributed by atoms with Crippen molar-refractivity contribution in [2.45, 2.75) is 19.1 Å². The molecule has 0 spiro atoms. The standard InChI is InChI=1S/C27H26N2O6/c1-16-10-12-17(13-11-16)28-26(30)21-22(19-14-15-20(32-2)24(34-4)23(19)33-3)29(35-25(21)27(28)31)18-8-6-5-7-9-18/h5-15,21-22,25H,1-4H3/t21-,22-,25-/m1/s1. The molecular weight excluding hydrogens is 448 g/mol. The number of hydroxylamine groups is 1. The number of methoxy groups -OCH3 is 3. The van der Waals surface area contributed by atoms with Crippen LogP contribution in [0.4, 0.5) is 11.4 Å². The van der Waals surface area contributed by atoms with E-state index in [1.165, 1.54) is 19.1 Å². The number of amides is 2. The molecule has 8 nitrogen and oxygen atoms in total. The third-order valence-corrected chi connectivity index (χ3v) is 6.47. The van der Waals surface area contributed by atoms with Gasteiger partial charge in [-0.2, -0.15) is 0 Å². The Hall–Kier alpha value is -4.04. The Bertz CT molecular complexity index is 1260. The van der Waals surface area contributed by atoms with Gasteiger partial charge in [-0.15, -0.1) is 0 Å². The van der Waals surface area contributed by atoms with E-state index in [9.17, 15) is 9.59 Å². The molecule has 3 aromatic rings. The summed E-state index contributed by atoms with van der Waals surface area (Å²) >= 11 is 0. The molecule has 2 saturated heterocycles. The number of hydrogen-bond acceptors (Lipinski definition) is 7. The van der Waals surface area contributed by atoms with Crippen LogP contribution in [0.1, 0.15) is 17.2 Å². The van der Waals surface area contributed by atoms with Gasteiger partial charge in [0.05, 0.1) is 32.7 Å².